The molecule has 32 heavy (non-hydrogen) atoms. The van der Waals surface area contributed by atoms with E-state index in [1.54, 1.807) is 78.9 Å². The number of para-hydroxylation sites is 1. The molecule has 0 bridgehead atoms. The van der Waals surface area contributed by atoms with Crippen LogP contribution in [0.25, 0.3) is 0 Å². The van der Waals surface area contributed by atoms with Gasteiger partial charge < -0.3 is 0 Å². The van der Waals surface area contributed by atoms with Crippen LogP contribution in [0.2, 0.25) is 5.02 Å². The van der Waals surface area contributed by atoms with E-state index in [0.717, 1.165) is 0 Å². The van der Waals surface area contributed by atoms with Gasteiger partial charge in [0.25, 0.3) is 5.91 Å². The number of hydrogen-bond donors (Lipinski definition) is 0. The van der Waals surface area contributed by atoms with Crippen molar-refractivity contribution in [1.82, 2.24) is 4.90 Å². The minimum absolute atomic E-state index is 0.0959. The number of nitrogens with zero attached hydrogens (tertiary/aromatic N) is 2. The van der Waals surface area contributed by atoms with E-state index in [1.165, 1.54) is 9.80 Å². The molecular weight excluding hydrogens is 444 g/mol. The lowest BCUT2D eigenvalue weighted by molar-refractivity contribution is -0.129. The quantitative estimate of drug-likeness (QED) is 0.327. The van der Waals surface area contributed by atoms with E-state index < -0.39 is 23.8 Å². The number of fused-ring (bicyclic) bond motifs is 1. The number of hydrogen-bond acceptors (Lipinski definition) is 4. The molecule has 2 heterocycles. The predicted molar refractivity (Wildman–Crippen MR) is 126 cm³/mol. The maximum atomic E-state index is 13.6. The number of halogens is 1. The first kappa shape index (κ1) is 20.5. The molecule has 5 nitrogen and oxygen atoms in total. The van der Waals surface area contributed by atoms with Gasteiger partial charge in [-0.05, 0) is 42.0 Å². The van der Waals surface area contributed by atoms with Crippen LogP contribution in [0, 0.1) is 5.92 Å². The highest BCUT2D eigenvalue weighted by Gasteiger charge is 2.61. The summed E-state index contributed by atoms with van der Waals surface area (Å²) in [5.74, 6) is -2.85. The van der Waals surface area contributed by atoms with E-state index in [0.29, 0.717) is 21.8 Å². The minimum atomic E-state index is -1.05. The zero-order valence-corrected chi connectivity index (χ0v) is 18.3. The number of Topliss-reactive ketones (excluding diaryl/α,β-unsaturated/α-hetero) is 1. The van der Waals surface area contributed by atoms with Gasteiger partial charge >= 0.3 is 0 Å². The molecule has 2 amide bonds. The van der Waals surface area contributed by atoms with E-state index in [4.69, 9.17) is 23.8 Å². The lowest BCUT2D eigenvalue weighted by atomic mass is 9.79. The maximum absolute atomic E-state index is 13.6. The summed E-state index contributed by atoms with van der Waals surface area (Å²) in [5, 5.41) is 0.624. The topological polar surface area (TPSA) is 57.7 Å². The Bertz CT molecular complexity index is 1230. The monoisotopic (exact) mass is 460 g/mol. The molecule has 0 saturated carbocycles. The predicted octanol–water partition coefficient (Wildman–Crippen LogP) is 4.47. The van der Waals surface area contributed by atoms with Crippen LogP contribution in [0.15, 0.2) is 84.9 Å². The lowest BCUT2D eigenvalue weighted by Crippen LogP contribution is -2.39. The van der Waals surface area contributed by atoms with E-state index in [-0.39, 0.29) is 16.8 Å². The van der Waals surface area contributed by atoms with Crippen LogP contribution in [0.3, 0.4) is 0 Å². The van der Waals surface area contributed by atoms with Crippen LogP contribution in [-0.2, 0) is 9.59 Å². The van der Waals surface area contributed by atoms with Gasteiger partial charge in [0.1, 0.15) is 12.0 Å². The summed E-state index contributed by atoms with van der Waals surface area (Å²) in [7, 11) is 0. The van der Waals surface area contributed by atoms with Crippen molar-refractivity contribution in [3.05, 3.63) is 101 Å². The molecule has 0 spiro atoms. The van der Waals surface area contributed by atoms with E-state index in [9.17, 15) is 14.4 Å². The Balaban J connectivity index is 1.63. The third kappa shape index (κ3) is 3.15. The summed E-state index contributed by atoms with van der Waals surface area (Å²) in [6.07, 6.45) is 0. The van der Waals surface area contributed by atoms with Gasteiger partial charge in [-0.15, -0.1) is 0 Å². The largest absolute Gasteiger partial charge is 0.293 e. The number of amides is 2. The van der Waals surface area contributed by atoms with Gasteiger partial charge in [-0.25, -0.2) is 0 Å². The lowest BCUT2D eigenvalue weighted by Gasteiger charge is -2.22. The number of carbonyl (C=O) groups excluding carboxylic acids is 3. The zero-order chi connectivity index (χ0) is 22.4. The summed E-state index contributed by atoms with van der Waals surface area (Å²) in [4.78, 5) is 43.4. The molecule has 5 rings (SSSR count). The van der Waals surface area contributed by atoms with Crippen LogP contribution in [0.5, 0.6) is 0 Å². The Morgan fingerprint density at radius 1 is 0.812 bits per heavy atom. The highest BCUT2D eigenvalue weighted by Crippen LogP contribution is 2.46. The number of benzene rings is 3. The number of ketones is 1. The average Bonchev–Trinajstić information content (AvgIpc) is 3.26. The Labute approximate surface area is 195 Å². The highest BCUT2D eigenvalue weighted by atomic mass is 35.5. The van der Waals surface area contributed by atoms with Gasteiger partial charge in [-0.1, -0.05) is 72.3 Å². The fourth-order valence-electron chi connectivity index (χ4n) is 4.53. The molecule has 0 aliphatic carbocycles. The standard InChI is InChI=1S/C25H17ClN2O3S/c26-17-13-11-15(12-14-17)19-20(22(29)16-7-3-1-4-8-16)23(30)28-21(19)24(31)27(25(28)32)18-9-5-2-6-10-18/h1-14,19-21H. The van der Waals surface area contributed by atoms with E-state index >= 15 is 0 Å². The molecule has 0 N–H and O–H groups in total. The summed E-state index contributed by atoms with van der Waals surface area (Å²) in [6.45, 7) is 0. The van der Waals surface area contributed by atoms with Crippen LogP contribution in [-0.4, -0.2) is 33.7 Å². The number of carbonyl (C=O) groups is 3. The van der Waals surface area contributed by atoms with Gasteiger partial charge in [-0.3, -0.25) is 24.2 Å². The molecule has 2 saturated heterocycles. The Morgan fingerprint density at radius 2 is 1.41 bits per heavy atom. The van der Waals surface area contributed by atoms with Crippen molar-refractivity contribution in [3.63, 3.8) is 0 Å². The molecule has 3 aromatic carbocycles. The number of rotatable bonds is 4. The normalized spacial score (nSPS) is 22.4. The van der Waals surface area contributed by atoms with Crippen LogP contribution in [0.1, 0.15) is 21.8 Å². The summed E-state index contributed by atoms with van der Waals surface area (Å²) < 4.78 is 0. The molecule has 0 radical (unpaired) electrons. The molecule has 3 atom stereocenters. The second kappa shape index (κ2) is 7.97. The fraction of sp³-hybridized carbons (Fsp3) is 0.120. The summed E-state index contributed by atoms with van der Waals surface area (Å²) >= 11 is 11.6. The molecule has 2 fully saturated rings. The van der Waals surface area contributed by atoms with Crippen molar-refractivity contribution < 1.29 is 14.4 Å². The van der Waals surface area contributed by atoms with Crippen LogP contribution in [0.4, 0.5) is 5.69 Å². The fourth-order valence-corrected chi connectivity index (χ4v) is 5.05. The summed E-state index contributed by atoms with van der Waals surface area (Å²) in [5.41, 5.74) is 1.70. The van der Waals surface area contributed by atoms with E-state index in [1.807, 2.05) is 6.07 Å². The molecule has 158 valence electrons. The third-order valence-corrected chi connectivity index (χ3v) is 6.59. The smallest absolute Gasteiger partial charge is 0.257 e. The molecular formula is C25H17ClN2O3S. The van der Waals surface area contributed by atoms with Gasteiger partial charge in [0, 0.05) is 16.5 Å². The second-order valence-corrected chi connectivity index (χ2v) is 8.53. The molecule has 2 aliphatic rings. The average molecular weight is 461 g/mol. The number of anilines is 1. The van der Waals surface area contributed by atoms with Crippen LogP contribution < -0.4 is 4.90 Å². The minimum Gasteiger partial charge on any atom is -0.293 e. The first-order valence-electron chi connectivity index (χ1n) is 10.1. The van der Waals surface area contributed by atoms with Gasteiger partial charge in [0.2, 0.25) is 5.91 Å². The molecule has 3 aromatic rings. The van der Waals surface area contributed by atoms with Gasteiger partial charge in [-0.2, -0.15) is 0 Å². The van der Waals surface area contributed by atoms with Crippen LogP contribution >= 0.6 is 23.8 Å². The molecule has 7 heteroatoms. The Hall–Kier alpha value is -3.35. The van der Waals surface area contributed by atoms with Gasteiger partial charge in [0.15, 0.2) is 10.9 Å². The van der Waals surface area contributed by atoms with Crippen molar-refractivity contribution in [2.24, 2.45) is 5.92 Å². The first-order valence-corrected chi connectivity index (χ1v) is 10.9. The summed E-state index contributed by atoms with van der Waals surface area (Å²) in [6, 6.07) is 23.6. The first-order chi connectivity index (χ1) is 15.5. The highest BCUT2D eigenvalue weighted by molar-refractivity contribution is 7.80. The number of thiocarbonyl (C=S) groups is 1. The third-order valence-electron chi connectivity index (χ3n) is 5.96. The molecule has 0 aromatic heterocycles. The Morgan fingerprint density at radius 3 is 2.03 bits per heavy atom. The SMILES string of the molecule is O=C(c1ccccc1)C1C(=O)N2C(=S)N(c3ccccc3)C(=O)C2C1c1ccc(Cl)cc1. The van der Waals surface area contributed by atoms with Crippen molar-refractivity contribution in [3.8, 4) is 0 Å². The molecule has 3 unspecified atom stereocenters. The molecule has 2 aliphatic heterocycles. The van der Waals surface area contributed by atoms with E-state index in [2.05, 4.69) is 0 Å². The van der Waals surface area contributed by atoms with Crippen molar-refractivity contribution in [2.75, 3.05) is 4.90 Å². The second-order valence-electron chi connectivity index (χ2n) is 7.73. The Kier molecular flexibility index (Phi) is 5.12. The maximum Gasteiger partial charge on any atom is 0.257 e. The van der Waals surface area contributed by atoms with Crippen molar-refractivity contribution in [1.29, 1.82) is 0 Å². The van der Waals surface area contributed by atoms with Crippen molar-refractivity contribution in [2.45, 2.75) is 12.0 Å². The van der Waals surface area contributed by atoms with Crippen molar-refractivity contribution >= 4 is 52.2 Å². The van der Waals surface area contributed by atoms with Gasteiger partial charge in [0.05, 0.1) is 5.69 Å². The zero-order valence-electron chi connectivity index (χ0n) is 16.7.